The SMILES string of the molecule is Cl[Si](Cl)(Cl)CCCCCCCCCCCCCBr. The summed E-state index contributed by atoms with van der Waals surface area (Å²) >= 11 is 21.0. The predicted molar refractivity (Wildman–Crippen MR) is 92.7 cm³/mol. The van der Waals surface area contributed by atoms with Crippen LogP contribution in [0.3, 0.4) is 0 Å². The van der Waals surface area contributed by atoms with E-state index in [2.05, 4.69) is 15.9 Å². The normalized spacial score (nSPS) is 12.0. The van der Waals surface area contributed by atoms with E-state index in [0.29, 0.717) is 0 Å². The lowest BCUT2D eigenvalue weighted by molar-refractivity contribution is 0.555. The summed E-state index contributed by atoms with van der Waals surface area (Å²) in [5.41, 5.74) is 0. The molecule has 0 unspecified atom stereocenters. The highest BCUT2D eigenvalue weighted by molar-refractivity contribution is 9.09. The molecule has 0 aromatic carbocycles. The summed E-state index contributed by atoms with van der Waals surface area (Å²) in [5, 5.41) is 1.16. The Hall–Kier alpha value is 1.57. The van der Waals surface area contributed by atoms with Crippen LogP contribution in [-0.4, -0.2) is 11.3 Å². The maximum atomic E-state index is 5.83. The van der Waals surface area contributed by atoms with Gasteiger partial charge in [0.25, 0.3) is 0 Å². The summed E-state index contributed by atoms with van der Waals surface area (Å²) in [4.78, 5) is 0. The molecule has 0 N–H and O–H groups in total. The van der Waals surface area contributed by atoms with Crippen molar-refractivity contribution in [2.45, 2.75) is 76.7 Å². The Labute approximate surface area is 136 Å². The summed E-state index contributed by atoms with van der Waals surface area (Å²) in [6, 6.07) is -1.52. The lowest BCUT2D eigenvalue weighted by atomic mass is 10.1. The number of unbranched alkanes of at least 4 members (excludes halogenated alkanes) is 10. The molecule has 0 amide bonds. The first-order valence-corrected chi connectivity index (χ1v) is 13.6. The first-order chi connectivity index (χ1) is 8.56. The first-order valence-electron chi connectivity index (χ1n) is 7.19. The molecule has 0 aromatic rings. The summed E-state index contributed by atoms with van der Waals surface area (Å²) in [5.74, 6) is 0. The highest BCUT2D eigenvalue weighted by Gasteiger charge is 2.23. The third-order valence-electron chi connectivity index (χ3n) is 3.09. The zero-order chi connectivity index (χ0) is 13.7. The number of rotatable bonds is 13. The second-order valence-corrected chi connectivity index (χ2v) is 15.0. The van der Waals surface area contributed by atoms with Crippen LogP contribution in [0.1, 0.15) is 70.6 Å². The molecule has 0 aliphatic heterocycles. The maximum absolute atomic E-state index is 5.83. The van der Waals surface area contributed by atoms with Crippen LogP contribution in [0.2, 0.25) is 6.04 Å². The smallest absolute Gasteiger partial charge is 0.126 e. The Balaban J connectivity index is 2.99. The second kappa shape index (κ2) is 13.5. The van der Waals surface area contributed by atoms with Crippen LogP contribution in [-0.2, 0) is 0 Å². The molecular formula is C13H26BrCl3Si. The molecule has 0 nitrogen and oxygen atoms in total. The average Bonchev–Trinajstić information content (AvgIpc) is 2.29. The minimum Gasteiger partial charge on any atom is -0.126 e. The van der Waals surface area contributed by atoms with E-state index in [1.54, 1.807) is 0 Å². The zero-order valence-corrected chi connectivity index (χ0v) is 16.1. The molecule has 0 saturated carbocycles. The van der Waals surface area contributed by atoms with Gasteiger partial charge in [0.1, 0.15) is 0 Å². The van der Waals surface area contributed by atoms with E-state index in [0.717, 1.165) is 17.8 Å². The van der Waals surface area contributed by atoms with Crippen molar-refractivity contribution < 1.29 is 0 Å². The van der Waals surface area contributed by atoms with Gasteiger partial charge in [-0.05, 0) is 12.5 Å². The number of hydrogen-bond acceptors (Lipinski definition) is 0. The van der Waals surface area contributed by atoms with Crippen LogP contribution < -0.4 is 0 Å². The molecule has 5 heteroatoms. The van der Waals surface area contributed by atoms with Crippen LogP contribution in [0.25, 0.3) is 0 Å². The van der Waals surface area contributed by atoms with Gasteiger partial charge < -0.3 is 0 Å². The molecular weight excluding hydrogens is 370 g/mol. The molecule has 0 aromatic heterocycles. The lowest BCUT2D eigenvalue weighted by Crippen LogP contribution is -2.07. The number of hydrogen-bond donors (Lipinski definition) is 0. The third-order valence-corrected chi connectivity index (χ3v) is 6.28. The predicted octanol–water partition coefficient (Wildman–Crippen LogP) is 7.33. The van der Waals surface area contributed by atoms with Gasteiger partial charge in [0.05, 0.1) is 0 Å². The van der Waals surface area contributed by atoms with Gasteiger partial charge >= 0.3 is 6.00 Å². The fourth-order valence-electron chi connectivity index (χ4n) is 2.01. The van der Waals surface area contributed by atoms with Crippen LogP contribution in [0, 0.1) is 0 Å². The monoisotopic (exact) mass is 394 g/mol. The summed E-state index contributed by atoms with van der Waals surface area (Å²) in [6.07, 6.45) is 14.7. The first kappa shape index (κ1) is 19.6. The van der Waals surface area contributed by atoms with Crippen LogP contribution in [0.4, 0.5) is 0 Å². The van der Waals surface area contributed by atoms with Crippen molar-refractivity contribution in [3.05, 3.63) is 0 Å². The number of halogens is 4. The van der Waals surface area contributed by atoms with E-state index in [4.69, 9.17) is 33.2 Å². The highest BCUT2D eigenvalue weighted by atomic mass is 79.9. The van der Waals surface area contributed by atoms with Crippen LogP contribution in [0.5, 0.6) is 0 Å². The van der Waals surface area contributed by atoms with Crippen molar-refractivity contribution >= 4 is 55.2 Å². The Kier molecular flexibility index (Phi) is 14.7. The van der Waals surface area contributed by atoms with E-state index in [1.807, 2.05) is 0 Å². The van der Waals surface area contributed by atoms with Crippen molar-refractivity contribution in [1.29, 1.82) is 0 Å². The molecule has 0 spiro atoms. The topological polar surface area (TPSA) is 0 Å². The van der Waals surface area contributed by atoms with E-state index in [1.165, 1.54) is 64.2 Å². The van der Waals surface area contributed by atoms with Gasteiger partial charge in [-0.2, -0.15) is 0 Å². The van der Waals surface area contributed by atoms with Crippen molar-refractivity contribution in [3.8, 4) is 0 Å². The van der Waals surface area contributed by atoms with Gasteiger partial charge in [0.15, 0.2) is 0 Å². The number of alkyl halides is 1. The third kappa shape index (κ3) is 17.6. The van der Waals surface area contributed by atoms with E-state index in [9.17, 15) is 0 Å². The molecule has 0 atom stereocenters. The molecule has 0 fully saturated rings. The zero-order valence-electron chi connectivity index (χ0n) is 11.2. The van der Waals surface area contributed by atoms with E-state index >= 15 is 0 Å². The molecule has 0 aliphatic rings. The molecule has 0 aliphatic carbocycles. The summed E-state index contributed by atoms with van der Waals surface area (Å²) < 4.78 is 0. The quantitative estimate of drug-likeness (QED) is 0.132. The molecule has 0 saturated heterocycles. The van der Waals surface area contributed by atoms with Gasteiger partial charge in [-0.25, -0.2) is 0 Å². The molecule has 18 heavy (non-hydrogen) atoms. The van der Waals surface area contributed by atoms with Gasteiger partial charge in [0.2, 0.25) is 0 Å². The molecule has 110 valence electrons. The Morgan fingerprint density at radius 1 is 0.556 bits per heavy atom. The van der Waals surface area contributed by atoms with Gasteiger partial charge in [-0.1, -0.05) is 80.1 Å². The molecule has 0 radical (unpaired) electrons. The Morgan fingerprint density at radius 2 is 0.889 bits per heavy atom. The molecule has 0 rings (SSSR count). The maximum Gasteiger partial charge on any atom is 0.341 e. The van der Waals surface area contributed by atoms with Gasteiger partial charge in [0, 0.05) is 5.33 Å². The largest absolute Gasteiger partial charge is 0.341 e. The fraction of sp³-hybridized carbons (Fsp3) is 1.00. The van der Waals surface area contributed by atoms with E-state index in [-0.39, 0.29) is 0 Å². The highest BCUT2D eigenvalue weighted by Crippen LogP contribution is 2.27. The molecule has 0 heterocycles. The van der Waals surface area contributed by atoms with Crippen molar-refractivity contribution in [2.24, 2.45) is 0 Å². The average molecular weight is 397 g/mol. The Morgan fingerprint density at radius 3 is 1.22 bits per heavy atom. The summed E-state index contributed by atoms with van der Waals surface area (Å²) in [6.45, 7) is 0. The van der Waals surface area contributed by atoms with Crippen LogP contribution in [0.15, 0.2) is 0 Å². The van der Waals surface area contributed by atoms with Crippen LogP contribution >= 0.6 is 49.2 Å². The minimum atomic E-state index is -2.34. The standard InChI is InChI=1S/C13H26BrCl3Si/c14-12-10-8-6-4-2-1-3-5-7-9-11-13-18(15,16)17/h1-13H2. The van der Waals surface area contributed by atoms with Crippen molar-refractivity contribution in [2.75, 3.05) is 5.33 Å². The Bertz CT molecular complexity index is 174. The fourth-order valence-corrected chi connectivity index (χ4v) is 4.26. The minimum absolute atomic E-state index is 0.825. The van der Waals surface area contributed by atoms with Gasteiger partial charge in [-0.3, -0.25) is 0 Å². The molecule has 0 bridgehead atoms. The van der Waals surface area contributed by atoms with E-state index < -0.39 is 6.00 Å². The lowest BCUT2D eigenvalue weighted by Gasteiger charge is -2.06. The second-order valence-electron chi connectivity index (χ2n) is 4.94. The van der Waals surface area contributed by atoms with Gasteiger partial charge in [-0.15, -0.1) is 33.2 Å². The van der Waals surface area contributed by atoms with Crippen molar-refractivity contribution in [3.63, 3.8) is 0 Å². The van der Waals surface area contributed by atoms with Crippen molar-refractivity contribution in [1.82, 2.24) is 0 Å². The summed E-state index contributed by atoms with van der Waals surface area (Å²) in [7, 11) is 0.